The highest BCUT2D eigenvalue weighted by atomic mass is 19.1. The fraction of sp³-hybridized carbons (Fsp3) is 0.133. The lowest BCUT2D eigenvalue weighted by Crippen LogP contribution is -2.01. The Bertz CT molecular complexity index is 665. The summed E-state index contributed by atoms with van der Waals surface area (Å²) >= 11 is 0. The van der Waals surface area contributed by atoms with Gasteiger partial charge >= 0.3 is 0 Å². The Labute approximate surface area is 115 Å². The molecule has 0 saturated carbocycles. The van der Waals surface area contributed by atoms with Gasteiger partial charge < -0.3 is 10.5 Å². The Hall–Kier alpha value is -2.45. The van der Waals surface area contributed by atoms with Crippen LogP contribution >= 0.6 is 0 Å². The van der Waals surface area contributed by atoms with Crippen molar-refractivity contribution in [2.24, 2.45) is 5.73 Å². The van der Waals surface area contributed by atoms with E-state index < -0.39 is 11.6 Å². The van der Waals surface area contributed by atoms with Crippen molar-refractivity contribution >= 4 is 0 Å². The molecule has 2 rings (SSSR count). The fourth-order valence-electron chi connectivity index (χ4n) is 1.75. The van der Waals surface area contributed by atoms with Crippen molar-refractivity contribution in [3.8, 4) is 11.8 Å². The zero-order valence-corrected chi connectivity index (χ0v) is 10.6. The molecule has 0 unspecified atom stereocenters. The summed E-state index contributed by atoms with van der Waals surface area (Å²) in [5.41, 5.74) is 6.72. The van der Waals surface area contributed by atoms with Gasteiger partial charge in [0.25, 0.3) is 0 Å². The molecule has 0 aromatic heterocycles. The SMILES string of the molecule is N#Cc1cc(F)cc(COc2ccc(CN)cc2F)c1. The third-order valence-corrected chi connectivity index (χ3v) is 2.71. The van der Waals surface area contributed by atoms with Gasteiger partial charge in [-0.2, -0.15) is 5.26 Å². The Balaban J connectivity index is 2.13. The zero-order chi connectivity index (χ0) is 14.5. The summed E-state index contributed by atoms with van der Waals surface area (Å²) < 4.78 is 32.2. The standard InChI is InChI=1S/C15H12F2N2O/c16-13-4-11(8-19)3-12(5-13)9-20-15-2-1-10(7-18)6-14(15)17/h1-6H,7,9,18H2. The molecule has 2 N–H and O–H groups in total. The van der Waals surface area contributed by atoms with E-state index in [0.717, 1.165) is 6.07 Å². The Kier molecular flexibility index (Phi) is 4.28. The van der Waals surface area contributed by atoms with Gasteiger partial charge in [-0.15, -0.1) is 0 Å². The van der Waals surface area contributed by atoms with Crippen LogP contribution in [-0.2, 0) is 13.2 Å². The number of rotatable bonds is 4. The highest BCUT2D eigenvalue weighted by Crippen LogP contribution is 2.20. The molecule has 102 valence electrons. The Morgan fingerprint density at radius 2 is 1.90 bits per heavy atom. The van der Waals surface area contributed by atoms with Gasteiger partial charge in [-0.1, -0.05) is 6.07 Å². The van der Waals surface area contributed by atoms with Gasteiger partial charge in [-0.25, -0.2) is 8.78 Å². The predicted molar refractivity (Wildman–Crippen MR) is 69.7 cm³/mol. The molecule has 0 atom stereocenters. The molecule has 0 aliphatic heterocycles. The van der Waals surface area contributed by atoms with E-state index in [2.05, 4.69) is 0 Å². The molecule has 0 fully saturated rings. The van der Waals surface area contributed by atoms with Crippen molar-refractivity contribution < 1.29 is 13.5 Å². The molecule has 0 spiro atoms. The summed E-state index contributed by atoms with van der Waals surface area (Å²) in [6.07, 6.45) is 0. The van der Waals surface area contributed by atoms with E-state index in [1.54, 1.807) is 6.07 Å². The van der Waals surface area contributed by atoms with Crippen LogP contribution in [0.3, 0.4) is 0 Å². The van der Waals surface area contributed by atoms with E-state index in [1.807, 2.05) is 6.07 Å². The van der Waals surface area contributed by atoms with E-state index in [-0.39, 0.29) is 24.5 Å². The van der Waals surface area contributed by atoms with Gasteiger partial charge in [0.2, 0.25) is 0 Å². The number of nitrogens with two attached hydrogens (primary N) is 1. The van der Waals surface area contributed by atoms with Crippen LogP contribution in [0.25, 0.3) is 0 Å². The molecule has 20 heavy (non-hydrogen) atoms. The summed E-state index contributed by atoms with van der Waals surface area (Å²) in [7, 11) is 0. The molecule has 0 radical (unpaired) electrons. The smallest absolute Gasteiger partial charge is 0.165 e. The monoisotopic (exact) mass is 274 g/mol. The Morgan fingerprint density at radius 1 is 1.10 bits per heavy atom. The van der Waals surface area contributed by atoms with Gasteiger partial charge in [0.05, 0.1) is 11.6 Å². The van der Waals surface area contributed by atoms with Gasteiger partial charge in [-0.05, 0) is 41.5 Å². The lowest BCUT2D eigenvalue weighted by Gasteiger charge is -2.08. The van der Waals surface area contributed by atoms with Crippen LogP contribution in [0.2, 0.25) is 0 Å². The van der Waals surface area contributed by atoms with Crippen molar-refractivity contribution in [1.82, 2.24) is 0 Å². The molecular weight excluding hydrogens is 262 g/mol. The van der Waals surface area contributed by atoms with E-state index in [1.165, 1.54) is 24.3 Å². The van der Waals surface area contributed by atoms with Crippen LogP contribution in [0.15, 0.2) is 36.4 Å². The number of ether oxygens (including phenoxy) is 1. The fourth-order valence-corrected chi connectivity index (χ4v) is 1.75. The van der Waals surface area contributed by atoms with E-state index in [4.69, 9.17) is 15.7 Å². The molecule has 0 amide bonds. The average molecular weight is 274 g/mol. The van der Waals surface area contributed by atoms with Gasteiger partial charge in [0, 0.05) is 6.54 Å². The van der Waals surface area contributed by atoms with Crippen LogP contribution in [0.1, 0.15) is 16.7 Å². The number of hydrogen-bond donors (Lipinski definition) is 1. The maximum Gasteiger partial charge on any atom is 0.165 e. The van der Waals surface area contributed by atoms with Gasteiger partial charge in [0.1, 0.15) is 12.4 Å². The third kappa shape index (κ3) is 3.31. The quantitative estimate of drug-likeness (QED) is 0.932. The second kappa shape index (κ2) is 6.13. The molecule has 0 bridgehead atoms. The van der Waals surface area contributed by atoms with Crippen LogP contribution in [-0.4, -0.2) is 0 Å². The summed E-state index contributed by atoms with van der Waals surface area (Å²) in [5, 5.41) is 8.74. The van der Waals surface area contributed by atoms with Crippen molar-refractivity contribution in [2.75, 3.05) is 0 Å². The summed E-state index contributed by atoms with van der Waals surface area (Å²) in [6, 6.07) is 10.1. The van der Waals surface area contributed by atoms with E-state index in [0.29, 0.717) is 11.1 Å². The van der Waals surface area contributed by atoms with Crippen molar-refractivity contribution in [3.63, 3.8) is 0 Å². The summed E-state index contributed by atoms with van der Waals surface area (Å²) in [4.78, 5) is 0. The minimum absolute atomic E-state index is 0.0225. The number of benzene rings is 2. The maximum atomic E-state index is 13.7. The largest absolute Gasteiger partial charge is 0.486 e. The Morgan fingerprint density at radius 3 is 2.55 bits per heavy atom. The first-order valence-corrected chi connectivity index (χ1v) is 5.93. The van der Waals surface area contributed by atoms with Crippen molar-refractivity contribution in [1.29, 1.82) is 5.26 Å². The molecule has 0 saturated heterocycles. The average Bonchev–Trinajstić information content (AvgIpc) is 2.45. The molecule has 2 aromatic rings. The minimum atomic E-state index is -0.526. The maximum absolute atomic E-state index is 13.7. The molecule has 0 aliphatic carbocycles. The van der Waals surface area contributed by atoms with Crippen molar-refractivity contribution in [3.05, 3.63) is 64.7 Å². The second-order valence-corrected chi connectivity index (χ2v) is 4.22. The number of hydrogen-bond acceptors (Lipinski definition) is 3. The summed E-state index contributed by atoms with van der Waals surface area (Å²) in [6.45, 7) is 0.220. The highest BCUT2D eigenvalue weighted by molar-refractivity contribution is 5.34. The van der Waals surface area contributed by atoms with Gasteiger partial charge in [-0.3, -0.25) is 0 Å². The van der Waals surface area contributed by atoms with E-state index in [9.17, 15) is 8.78 Å². The highest BCUT2D eigenvalue weighted by Gasteiger charge is 2.06. The first-order chi connectivity index (χ1) is 9.62. The van der Waals surface area contributed by atoms with E-state index >= 15 is 0 Å². The molecular formula is C15H12F2N2O. The summed E-state index contributed by atoms with van der Waals surface area (Å²) in [5.74, 6) is -0.989. The van der Waals surface area contributed by atoms with Crippen LogP contribution in [0.4, 0.5) is 8.78 Å². The molecule has 0 aliphatic rings. The molecule has 0 heterocycles. The van der Waals surface area contributed by atoms with Crippen LogP contribution < -0.4 is 10.5 Å². The molecule has 2 aromatic carbocycles. The van der Waals surface area contributed by atoms with Crippen molar-refractivity contribution in [2.45, 2.75) is 13.2 Å². The predicted octanol–water partition coefficient (Wildman–Crippen LogP) is 2.87. The minimum Gasteiger partial charge on any atom is -0.486 e. The lowest BCUT2D eigenvalue weighted by atomic mass is 10.1. The van der Waals surface area contributed by atoms with Gasteiger partial charge in [0.15, 0.2) is 11.6 Å². The van der Waals surface area contributed by atoms with Crippen LogP contribution in [0.5, 0.6) is 5.75 Å². The number of nitrogens with zero attached hydrogens (tertiary/aromatic N) is 1. The molecule has 3 nitrogen and oxygen atoms in total. The van der Waals surface area contributed by atoms with Crippen LogP contribution in [0, 0.1) is 23.0 Å². The zero-order valence-electron chi connectivity index (χ0n) is 10.6. The topological polar surface area (TPSA) is 59.0 Å². The first kappa shape index (κ1) is 14.0. The lowest BCUT2D eigenvalue weighted by molar-refractivity contribution is 0.289. The number of nitriles is 1. The normalized spacial score (nSPS) is 10.1. The first-order valence-electron chi connectivity index (χ1n) is 5.93. The second-order valence-electron chi connectivity index (χ2n) is 4.22. The number of halogens is 2. The molecule has 5 heteroatoms. The third-order valence-electron chi connectivity index (χ3n) is 2.71.